The van der Waals surface area contributed by atoms with Crippen LogP contribution in [-0.4, -0.2) is 35.1 Å². The van der Waals surface area contributed by atoms with E-state index in [1.54, 1.807) is 12.3 Å². The summed E-state index contributed by atoms with van der Waals surface area (Å²) in [7, 11) is 1.96. The van der Waals surface area contributed by atoms with Gasteiger partial charge < -0.3 is 14.4 Å². The van der Waals surface area contributed by atoms with Gasteiger partial charge in [0.05, 0.1) is 12.4 Å². The minimum Gasteiger partial charge on any atom is -0.465 e. The molecule has 0 radical (unpaired) electrons. The highest BCUT2D eigenvalue weighted by Crippen LogP contribution is 2.64. The van der Waals surface area contributed by atoms with Crippen molar-refractivity contribution >= 4 is 12.0 Å². The molecule has 4 heteroatoms. The van der Waals surface area contributed by atoms with Gasteiger partial charge in [0.15, 0.2) is 0 Å². The molecule has 0 unspecified atom stereocenters. The fourth-order valence-electron chi connectivity index (χ4n) is 7.29. The summed E-state index contributed by atoms with van der Waals surface area (Å²) in [5.41, 5.74) is 1.12. The number of furan rings is 1. The van der Waals surface area contributed by atoms with E-state index >= 15 is 0 Å². The highest BCUT2D eigenvalue weighted by atomic mass is 16.3. The van der Waals surface area contributed by atoms with Gasteiger partial charge >= 0.3 is 0 Å². The molecule has 150 valence electrons. The molecule has 3 fully saturated rings. The van der Waals surface area contributed by atoms with E-state index in [9.17, 15) is 9.90 Å². The van der Waals surface area contributed by atoms with Crippen LogP contribution in [0.15, 0.2) is 40.5 Å². The molecule has 7 atom stereocenters. The van der Waals surface area contributed by atoms with Crippen molar-refractivity contribution in [2.45, 2.75) is 58.1 Å². The average molecular weight is 382 g/mol. The predicted octanol–water partition coefficient (Wildman–Crippen LogP) is 4.27. The number of hydrogen-bond acceptors (Lipinski definition) is 3. The van der Waals surface area contributed by atoms with Gasteiger partial charge in [0.1, 0.15) is 5.76 Å². The molecule has 2 heterocycles. The van der Waals surface area contributed by atoms with Crippen LogP contribution in [0.1, 0.15) is 51.7 Å². The van der Waals surface area contributed by atoms with Crippen molar-refractivity contribution < 1.29 is 14.3 Å². The van der Waals surface area contributed by atoms with Crippen molar-refractivity contribution in [3.8, 4) is 0 Å². The number of likely N-dealkylation sites (N-methyl/N-ethyl adjacent to an activating group) is 1. The summed E-state index contributed by atoms with van der Waals surface area (Å²) >= 11 is 0. The summed E-state index contributed by atoms with van der Waals surface area (Å²) < 4.78 is 5.51. The highest BCUT2D eigenvalue weighted by molar-refractivity contribution is 5.89. The van der Waals surface area contributed by atoms with E-state index in [0.29, 0.717) is 23.8 Å². The lowest BCUT2D eigenvalue weighted by molar-refractivity contribution is -0.140. The number of rotatable bonds is 1. The smallest absolute Gasteiger partial charge is 0.246 e. The molecule has 1 aliphatic heterocycles. The maximum absolute atomic E-state index is 12.2. The first kappa shape index (κ1) is 18.2. The summed E-state index contributed by atoms with van der Waals surface area (Å²) in [6.07, 6.45) is 12.7. The first-order chi connectivity index (χ1) is 13.3. The summed E-state index contributed by atoms with van der Waals surface area (Å²) in [5, 5.41) is 11.2. The van der Waals surface area contributed by atoms with Gasteiger partial charge in [0.25, 0.3) is 0 Å². The third-order valence-corrected chi connectivity index (χ3v) is 8.87. The molecule has 3 aliphatic carbocycles. The van der Waals surface area contributed by atoms with Gasteiger partial charge in [0, 0.05) is 23.9 Å². The van der Waals surface area contributed by atoms with Gasteiger partial charge in [-0.25, -0.2) is 0 Å². The maximum Gasteiger partial charge on any atom is 0.246 e. The SMILES string of the molecule is CN1C(=O)C=C[C@]2(C)[C@H]3CC[C@]4(C)[C@@H](O)/C(=C/c5ccco5)C[C@H]4[C@@H]3CC[C@@H]12. The Labute approximate surface area is 167 Å². The topological polar surface area (TPSA) is 53.7 Å². The van der Waals surface area contributed by atoms with Crippen LogP contribution in [0.5, 0.6) is 0 Å². The number of carbonyl (C=O) groups is 1. The fourth-order valence-corrected chi connectivity index (χ4v) is 7.29. The molecule has 0 saturated heterocycles. The molecule has 0 bridgehead atoms. The lowest BCUT2D eigenvalue weighted by atomic mass is 9.48. The number of aliphatic hydroxyl groups excluding tert-OH is 1. The van der Waals surface area contributed by atoms with Gasteiger partial charge in [-0.3, -0.25) is 4.79 Å². The molecule has 1 amide bonds. The molecule has 4 aliphatic rings. The van der Waals surface area contributed by atoms with Crippen molar-refractivity contribution in [3.05, 3.63) is 41.9 Å². The van der Waals surface area contributed by atoms with Crippen LogP contribution in [0.3, 0.4) is 0 Å². The fraction of sp³-hybridized carbons (Fsp3) is 0.625. The van der Waals surface area contributed by atoms with Crippen molar-refractivity contribution in [3.63, 3.8) is 0 Å². The number of hydrogen-bond donors (Lipinski definition) is 1. The molecular weight excluding hydrogens is 350 g/mol. The largest absolute Gasteiger partial charge is 0.465 e. The van der Waals surface area contributed by atoms with Crippen LogP contribution >= 0.6 is 0 Å². The number of amides is 1. The first-order valence-electron chi connectivity index (χ1n) is 10.7. The molecule has 0 aromatic carbocycles. The van der Waals surface area contributed by atoms with Crippen molar-refractivity contribution in [1.29, 1.82) is 0 Å². The van der Waals surface area contributed by atoms with Gasteiger partial charge in [-0.1, -0.05) is 19.9 Å². The van der Waals surface area contributed by atoms with E-state index in [1.807, 2.05) is 24.1 Å². The second-order valence-corrected chi connectivity index (χ2v) is 10.0. The van der Waals surface area contributed by atoms with Crippen LogP contribution in [0.25, 0.3) is 6.08 Å². The van der Waals surface area contributed by atoms with Crippen LogP contribution in [0, 0.1) is 28.6 Å². The second kappa shape index (κ2) is 6.09. The quantitative estimate of drug-likeness (QED) is 0.790. The standard InChI is InChI=1S/C24H31NO3/c1-23-11-9-21(26)25(3)20(23)7-6-17-18(23)8-10-24(2)19(17)14-15(22(24)27)13-16-5-4-12-28-16/h4-5,9,11-13,17-20,22,27H,6-8,10,14H2,1-3H3/b15-13+/t17-,18+,19+,20-,22+,23-,24+/m1/s1. The molecular formula is C24H31NO3. The monoisotopic (exact) mass is 381 g/mol. The van der Waals surface area contributed by atoms with Crippen LogP contribution in [0.4, 0.5) is 0 Å². The maximum atomic E-state index is 12.2. The van der Waals surface area contributed by atoms with E-state index in [1.165, 1.54) is 0 Å². The Hall–Kier alpha value is -1.81. The Morgan fingerprint density at radius 3 is 2.82 bits per heavy atom. The van der Waals surface area contributed by atoms with E-state index < -0.39 is 0 Å². The summed E-state index contributed by atoms with van der Waals surface area (Å²) in [6, 6.07) is 4.16. The Morgan fingerprint density at radius 1 is 1.25 bits per heavy atom. The minimum absolute atomic E-state index is 0.0470. The van der Waals surface area contributed by atoms with Crippen molar-refractivity contribution in [2.24, 2.45) is 28.6 Å². The van der Waals surface area contributed by atoms with Gasteiger partial charge in [-0.2, -0.15) is 0 Å². The van der Waals surface area contributed by atoms with E-state index in [2.05, 4.69) is 26.0 Å². The lowest BCUT2D eigenvalue weighted by Crippen LogP contribution is -2.59. The Bertz CT molecular complexity index is 840. The number of carbonyl (C=O) groups excluding carboxylic acids is 1. The zero-order valence-electron chi connectivity index (χ0n) is 17.1. The molecule has 3 saturated carbocycles. The van der Waals surface area contributed by atoms with Crippen LogP contribution < -0.4 is 0 Å². The van der Waals surface area contributed by atoms with E-state index in [0.717, 1.165) is 43.4 Å². The second-order valence-electron chi connectivity index (χ2n) is 10.0. The Balaban J connectivity index is 1.49. The van der Waals surface area contributed by atoms with Crippen LogP contribution in [-0.2, 0) is 4.79 Å². The van der Waals surface area contributed by atoms with Gasteiger partial charge in [-0.05, 0) is 79.7 Å². The zero-order valence-corrected chi connectivity index (χ0v) is 17.1. The normalized spacial score (nSPS) is 46.4. The van der Waals surface area contributed by atoms with Gasteiger partial charge in [-0.15, -0.1) is 0 Å². The number of nitrogens with zero attached hydrogens (tertiary/aromatic N) is 1. The molecule has 4 nitrogen and oxygen atoms in total. The molecule has 1 aromatic rings. The number of aliphatic hydroxyl groups is 1. The van der Waals surface area contributed by atoms with Gasteiger partial charge in [0.2, 0.25) is 5.91 Å². The Morgan fingerprint density at radius 2 is 2.07 bits per heavy atom. The summed E-state index contributed by atoms with van der Waals surface area (Å²) in [6.45, 7) is 4.66. The Kier molecular flexibility index (Phi) is 3.97. The third kappa shape index (κ3) is 2.36. The molecule has 1 N–H and O–H groups in total. The lowest BCUT2D eigenvalue weighted by Gasteiger charge is -2.59. The minimum atomic E-state index is -0.389. The summed E-state index contributed by atoms with van der Waals surface area (Å²) in [4.78, 5) is 14.2. The highest BCUT2D eigenvalue weighted by Gasteiger charge is 2.61. The van der Waals surface area contributed by atoms with Crippen LogP contribution in [0.2, 0.25) is 0 Å². The van der Waals surface area contributed by atoms with E-state index in [-0.39, 0.29) is 22.8 Å². The number of fused-ring (bicyclic) bond motifs is 5. The first-order valence-corrected chi connectivity index (χ1v) is 10.7. The molecule has 28 heavy (non-hydrogen) atoms. The van der Waals surface area contributed by atoms with Crippen molar-refractivity contribution in [1.82, 2.24) is 4.90 Å². The molecule has 5 rings (SSSR count). The molecule has 0 spiro atoms. The van der Waals surface area contributed by atoms with Crippen molar-refractivity contribution in [2.75, 3.05) is 7.05 Å². The zero-order chi connectivity index (χ0) is 19.7. The molecule has 1 aromatic heterocycles. The average Bonchev–Trinajstić information content (AvgIpc) is 3.27. The van der Waals surface area contributed by atoms with E-state index in [4.69, 9.17) is 4.42 Å². The predicted molar refractivity (Wildman–Crippen MR) is 108 cm³/mol. The summed E-state index contributed by atoms with van der Waals surface area (Å²) in [5.74, 6) is 2.65. The third-order valence-electron chi connectivity index (χ3n) is 8.87.